The monoisotopic (exact) mass is 322 g/mol. The lowest BCUT2D eigenvalue weighted by Gasteiger charge is -2.28. The van der Waals surface area contributed by atoms with Gasteiger partial charge in [0.05, 0.1) is 0 Å². The van der Waals surface area contributed by atoms with Gasteiger partial charge in [0.25, 0.3) is 0 Å². The van der Waals surface area contributed by atoms with E-state index in [1.807, 2.05) is 6.07 Å². The normalized spacial score (nSPS) is 14.0. The van der Waals surface area contributed by atoms with Crippen molar-refractivity contribution in [1.82, 2.24) is 5.32 Å². The second-order valence-electron chi connectivity index (χ2n) is 5.94. The molecule has 0 rings (SSSR count). The Morgan fingerprint density at radius 2 is 1.86 bits per heavy atom. The molecular weight excluding hydrogens is 288 g/mol. The number of rotatable bonds is 13. The first-order valence-corrected chi connectivity index (χ1v) is 9.28. The number of hydrogen-bond acceptors (Lipinski definition) is 3. The van der Waals surface area contributed by atoms with Gasteiger partial charge >= 0.3 is 0 Å². The van der Waals surface area contributed by atoms with Gasteiger partial charge in [-0.25, -0.2) is 0 Å². The molecule has 0 amide bonds. The molecular formula is C19H34N2S. The van der Waals surface area contributed by atoms with Gasteiger partial charge < -0.3 is 5.32 Å². The molecule has 0 spiro atoms. The fourth-order valence-corrected chi connectivity index (χ4v) is 3.58. The average Bonchev–Trinajstić information content (AvgIpc) is 2.54. The van der Waals surface area contributed by atoms with E-state index in [4.69, 9.17) is 17.9 Å². The molecule has 0 aliphatic heterocycles. The number of unbranched alkanes of at least 4 members (excludes halogenated alkanes) is 2. The summed E-state index contributed by atoms with van der Waals surface area (Å²) in [5, 5.41) is 12.0. The van der Waals surface area contributed by atoms with Crippen LogP contribution in [0, 0.1) is 23.2 Å². The molecule has 2 unspecified atom stereocenters. The third kappa shape index (κ3) is 9.20. The van der Waals surface area contributed by atoms with Crippen LogP contribution < -0.4 is 5.32 Å². The molecule has 0 fully saturated rings. The third-order valence-electron chi connectivity index (χ3n) is 4.44. The van der Waals surface area contributed by atoms with Crippen LogP contribution in [0.3, 0.4) is 0 Å². The summed E-state index contributed by atoms with van der Waals surface area (Å²) in [6.07, 6.45) is 12.7. The van der Waals surface area contributed by atoms with E-state index in [0.717, 1.165) is 44.1 Å². The van der Waals surface area contributed by atoms with Gasteiger partial charge in [-0.05, 0) is 37.5 Å². The Kier molecular flexibility index (Phi) is 13.2. The molecule has 22 heavy (non-hydrogen) atoms. The SMILES string of the molecule is C=C(C#N)NCCCC/C=C/CC(S)C(CC)C(CC)CC. The first kappa shape index (κ1) is 21.1. The number of nitrogens with one attached hydrogen (secondary N) is 1. The highest BCUT2D eigenvalue weighted by Crippen LogP contribution is 2.30. The molecule has 0 aliphatic rings. The van der Waals surface area contributed by atoms with E-state index in [1.165, 1.54) is 19.3 Å². The third-order valence-corrected chi connectivity index (χ3v) is 5.03. The second-order valence-corrected chi connectivity index (χ2v) is 6.60. The van der Waals surface area contributed by atoms with Crippen LogP contribution in [0.4, 0.5) is 0 Å². The predicted molar refractivity (Wildman–Crippen MR) is 101 cm³/mol. The number of hydrogen-bond donors (Lipinski definition) is 2. The molecule has 1 N–H and O–H groups in total. The maximum Gasteiger partial charge on any atom is 0.116 e. The molecule has 3 heteroatoms. The van der Waals surface area contributed by atoms with Crippen LogP contribution >= 0.6 is 12.6 Å². The lowest BCUT2D eigenvalue weighted by Crippen LogP contribution is -2.22. The van der Waals surface area contributed by atoms with Crippen LogP contribution in [0.1, 0.15) is 65.7 Å². The summed E-state index contributed by atoms with van der Waals surface area (Å²) in [6.45, 7) is 11.3. The molecule has 2 nitrogen and oxygen atoms in total. The molecule has 0 saturated heterocycles. The van der Waals surface area contributed by atoms with E-state index in [9.17, 15) is 0 Å². The van der Waals surface area contributed by atoms with Crippen molar-refractivity contribution in [2.75, 3.05) is 6.54 Å². The van der Waals surface area contributed by atoms with Crippen LogP contribution in [0.15, 0.2) is 24.4 Å². The summed E-state index contributed by atoms with van der Waals surface area (Å²) in [5.74, 6) is 1.53. The van der Waals surface area contributed by atoms with Gasteiger partial charge in [-0.3, -0.25) is 0 Å². The van der Waals surface area contributed by atoms with Gasteiger partial charge in [0.1, 0.15) is 11.8 Å². The van der Waals surface area contributed by atoms with Crippen LogP contribution in [0.5, 0.6) is 0 Å². The number of nitrogens with zero attached hydrogens (tertiary/aromatic N) is 1. The van der Waals surface area contributed by atoms with Crippen LogP contribution in [0.2, 0.25) is 0 Å². The predicted octanol–water partition coefficient (Wildman–Crippen LogP) is 5.49. The lowest BCUT2D eigenvalue weighted by molar-refractivity contribution is 0.296. The van der Waals surface area contributed by atoms with Crippen molar-refractivity contribution < 1.29 is 0 Å². The molecule has 126 valence electrons. The van der Waals surface area contributed by atoms with Gasteiger partial charge in [-0.2, -0.15) is 17.9 Å². The van der Waals surface area contributed by atoms with E-state index in [2.05, 4.69) is 44.8 Å². The summed E-state index contributed by atoms with van der Waals surface area (Å²) in [6, 6.07) is 2.00. The van der Waals surface area contributed by atoms with E-state index in [0.29, 0.717) is 10.9 Å². The molecule has 2 atom stereocenters. The molecule has 0 heterocycles. The van der Waals surface area contributed by atoms with Crippen molar-refractivity contribution in [1.29, 1.82) is 5.26 Å². The van der Waals surface area contributed by atoms with Crippen LogP contribution in [0.25, 0.3) is 0 Å². The van der Waals surface area contributed by atoms with Gasteiger partial charge in [0, 0.05) is 11.8 Å². The zero-order chi connectivity index (χ0) is 16.8. The van der Waals surface area contributed by atoms with Crippen molar-refractivity contribution in [3.8, 4) is 6.07 Å². The largest absolute Gasteiger partial charge is 0.377 e. The Morgan fingerprint density at radius 1 is 1.18 bits per heavy atom. The zero-order valence-electron chi connectivity index (χ0n) is 14.6. The molecule has 0 aromatic heterocycles. The maximum atomic E-state index is 8.57. The smallest absolute Gasteiger partial charge is 0.116 e. The highest BCUT2D eigenvalue weighted by molar-refractivity contribution is 7.81. The Morgan fingerprint density at radius 3 is 2.41 bits per heavy atom. The Bertz CT molecular complexity index is 353. The highest BCUT2D eigenvalue weighted by atomic mass is 32.1. The summed E-state index contributed by atoms with van der Waals surface area (Å²) in [5.41, 5.74) is 0.459. The summed E-state index contributed by atoms with van der Waals surface area (Å²) >= 11 is 4.84. The Balaban J connectivity index is 3.87. The summed E-state index contributed by atoms with van der Waals surface area (Å²) < 4.78 is 0. The topological polar surface area (TPSA) is 35.8 Å². The van der Waals surface area contributed by atoms with Crippen molar-refractivity contribution in [3.63, 3.8) is 0 Å². The first-order chi connectivity index (χ1) is 10.6. The van der Waals surface area contributed by atoms with Gasteiger partial charge in [0.15, 0.2) is 0 Å². The highest BCUT2D eigenvalue weighted by Gasteiger charge is 2.22. The van der Waals surface area contributed by atoms with Crippen molar-refractivity contribution in [3.05, 3.63) is 24.4 Å². The van der Waals surface area contributed by atoms with Crippen molar-refractivity contribution >= 4 is 12.6 Å². The number of allylic oxidation sites excluding steroid dienone is 3. The average molecular weight is 323 g/mol. The van der Waals surface area contributed by atoms with Gasteiger partial charge in [-0.1, -0.05) is 58.8 Å². The summed E-state index contributed by atoms with van der Waals surface area (Å²) in [4.78, 5) is 0. The Labute approximate surface area is 143 Å². The maximum absolute atomic E-state index is 8.57. The number of thiol groups is 1. The quantitative estimate of drug-likeness (QED) is 0.203. The molecule has 0 radical (unpaired) electrons. The summed E-state index contributed by atoms with van der Waals surface area (Å²) in [7, 11) is 0. The van der Waals surface area contributed by atoms with Gasteiger partial charge in [-0.15, -0.1) is 0 Å². The number of nitriles is 1. The lowest BCUT2D eigenvalue weighted by atomic mass is 9.82. The standard InChI is InChI=1S/C19H34N2S/c1-5-17(6-2)18(7-3)19(22)13-11-9-8-10-12-14-21-16(4)15-20/h9,11,17-19,21-22H,4-8,10,12-14H2,1-3H3/b11-9+. The fraction of sp³-hybridized carbons (Fsp3) is 0.737. The van der Waals surface area contributed by atoms with E-state index in [-0.39, 0.29) is 0 Å². The molecule has 0 aromatic rings. The molecule has 0 bridgehead atoms. The molecule has 0 aliphatic carbocycles. The van der Waals surface area contributed by atoms with E-state index in [1.54, 1.807) is 0 Å². The fourth-order valence-electron chi connectivity index (χ4n) is 3.01. The second kappa shape index (κ2) is 13.8. The first-order valence-electron chi connectivity index (χ1n) is 8.76. The van der Waals surface area contributed by atoms with Crippen molar-refractivity contribution in [2.45, 2.75) is 71.0 Å². The van der Waals surface area contributed by atoms with Gasteiger partial charge in [0.2, 0.25) is 0 Å². The van der Waals surface area contributed by atoms with Crippen molar-refractivity contribution in [2.24, 2.45) is 11.8 Å². The van der Waals surface area contributed by atoms with Crippen LogP contribution in [-0.2, 0) is 0 Å². The van der Waals surface area contributed by atoms with E-state index < -0.39 is 0 Å². The Hall–Kier alpha value is -0.880. The molecule has 0 aromatic carbocycles. The molecule has 0 saturated carbocycles. The minimum atomic E-state index is 0.459. The minimum absolute atomic E-state index is 0.459. The van der Waals surface area contributed by atoms with Crippen LogP contribution in [-0.4, -0.2) is 11.8 Å². The minimum Gasteiger partial charge on any atom is -0.377 e. The zero-order valence-corrected chi connectivity index (χ0v) is 15.5. The van der Waals surface area contributed by atoms with E-state index >= 15 is 0 Å².